The third kappa shape index (κ3) is 6.82. The predicted octanol–water partition coefficient (Wildman–Crippen LogP) is 4.90. The van der Waals surface area contributed by atoms with Crippen molar-refractivity contribution in [2.45, 2.75) is 25.7 Å². The maximum atomic E-state index is 12.7. The average molecular weight is 480 g/mol. The van der Waals surface area contributed by atoms with Crippen LogP contribution in [-0.2, 0) is 4.79 Å². The third-order valence-corrected chi connectivity index (χ3v) is 5.49. The minimum Gasteiger partial charge on any atom is -0.492 e. The summed E-state index contributed by atoms with van der Waals surface area (Å²) >= 11 is 17.2. The standard InChI is InChI=1S/C22H23Cl2N3O3S/c23-15-9-10-19(17(24)14-15)30-13-5-8-20(28)26-22(31)25-18-7-2-1-6-16(18)21(29)27-11-3-4-12-27/h1-2,6-7,9-10,14H,3-5,8,11-13H2,(H2,25,26,28,31). The van der Waals surface area contributed by atoms with Gasteiger partial charge in [-0.3, -0.25) is 9.59 Å². The number of halogens is 2. The number of rotatable bonds is 7. The molecule has 1 saturated heterocycles. The van der Waals surface area contributed by atoms with E-state index in [-0.39, 0.29) is 23.3 Å². The van der Waals surface area contributed by atoms with Crippen molar-refractivity contribution in [2.24, 2.45) is 0 Å². The van der Waals surface area contributed by atoms with Crippen LogP contribution in [0.15, 0.2) is 42.5 Å². The van der Waals surface area contributed by atoms with E-state index >= 15 is 0 Å². The number of nitrogens with zero attached hydrogens (tertiary/aromatic N) is 1. The molecule has 31 heavy (non-hydrogen) atoms. The molecule has 9 heteroatoms. The fourth-order valence-electron chi connectivity index (χ4n) is 3.22. The minimum atomic E-state index is -0.244. The lowest BCUT2D eigenvalue weighted by molar-refractivity contribution is -0.119. The molecule has 2 aromatic rings. The summed E-state index contributed by atoms with van der Waals surface area (Å²) in [6.45, 7) is 1.84. The molecule has 2 aromatic carbocycles. The predicted molar refractivity (Wildman–Crippen MR) is 127 cm³/mol. The largest absolute Gasteiger partial charge is 0.492 e. The van der Waals surface area contributed by atoms with Crippen molar-refractivity contribution in [1.29, 1.82) is 0 Å². The first-order valence-corrected chi connectivity index (χ1v) is 11.2. The number of para-hydroxylation sites is 1. The fourth-order valence-corrected chi connectivity index (χ4v) is 3.91. The van der Waals surface area contributed by atoms with Crippen molar-refractivity contribution in [2.75, 3.05) is 25.0 Å². The molecule has 0 aliphatic carbocycles. The Kier molecular flexibility index (Phi) is 8.51. The van der Waals surface area contributed by atoms with Crippen LogP contribution in [0.2, 0.25) is 10.0 Å². The highest BCUT2D eigenvalue weighted by atomic mass is 35.5. The van der Waals surface area contributed by atoms with Crippen molar-refractivity contribution < 1.29 is 14.3 Å². The molecule has 0 spiro atoms. The van der Waals surface area contributed by atoms with Gasteiger partial charge in [-0.2, -0.15) is 0 Å². The van der Waals surface area contributed by atoms with E-state index in [1.54, 1.807) is 30.3 Å². The van der Waals surface area contributed by atoms with Gasteiger partial charge in [0.25, 0.3) is 5.91 Å². The van der Waals surface area contributed by atoms with E-state index in [2.05, 4.69) is 10.6 Å². The summed E-state index contributed by atoms with van der Waals surface area (Å²) in [7, 11) is 0. The van der Waals surface area contributed by atoms with Gasteiger partial charge in [-0.15, -0.1) is 0 Å². The summed E-state index contributed by atoms with van der Waals surface area (Å²) in [4.78, 5) is 26.7. The van der Waals surface area contributed by atoms with Crippen molar-refractivity contribution >= 4 is 58.0 Å². The number of ether oxygens (including phenoxy) is 1. The number of likely N-dealkylation sites (tertiary alicyclic amines) is 1. The quantitative estimate of drug-likeness (QED) is 0.436. The highest BCUT2D eigenvalue weighted by molar-refractivity contribution is 7.80. The van der Waals surface area contributed by atoms with Crippen molar-refractivity contribution in [3.63, 3.8) is 0 Å². The third-order valence-electron chi connectivity index (χ3n) is 4.75. The maximum absolute atomic E-state index is 12.7. The molecule has 164 valence electrons. The second-order valence-electron chi connectivity index (χ2n) is 7.07. The molecule has 2 N–H and O–H groups in total. The average Bonchev–Trinajstić information content (AvgIpc) is 3.27. The van der Waals surface area contributed by atoms with Gasteiger partial charge in [-0.25, -0.2) is 0 Å². The van der Waals surface area contributed by atoms with Crippen LogP contribution in [-0.4, -0.2) is 41.5 Å². The first-order chi connectivity index (χ1) is 14.9. The Hall–Kier alpha value is -2.35. The Morgan fingerprint density at radius 3 is 2.58 bits per heavy atom. The lowest BCUT2D eigenvalue weighted by Crippen LogP contribution is -2.35. The molecule has 2 amide bonds. The molecule has 0 aromatic heterocycles. The fraction of sp³-hybridized carbons (Fsp3) is 0.318. The van der Waals surface area contributed by atoms with Crippen LogP contribution in [0, 0.1) is 0 Å². The van der Waals surface area contributed by atoms with Gasteiger partial charge >= 0.3 is 0 Å². The van der Waals surface area contributed by atoms with Crippen molar-refractivity contribution in [3.05, 3.63) is 58.1 Å². The monoisotopic (exact) mass is 479 g/mol. The van der Waals surface area contributed by atoms with Crippen LogP contribution in [0.5, 0.6) is 5.75 Å². The van der Waals surface area contributed by atoms with E-state index in [1.807, 2.05) is 17.0 Å². The second kappa shape index (κ2) is 11.3. The normalized spacial score (nSPS) is 13.0. The van der Waals surface area contributed by atoms with Gasteiger partial charge in [-0.05, 0) is 61.8 Å². The highest BCUT2D eigenvalue weighted by Crippen LogP contribution is 2.27. The van der Waals surface area contributed by atoms with E-state index in [1.165, 1.54) is 0 Å². The molecule has 6 nitrogen and oxygen atoms in total. The molecule has 0 atom stereocenters. The molecule has 0 unspecified atom stereocenters. The second-order valence-corrected chi connectivity index (χ2v) is 8.33. The Morgan fingerprint density at radius 2 is 1.84 bits per heavy atom. The number of carbonyl (C=O) groups excluding carboxylic acids is 2. The smallest absolute Gasteiger partial charge is 0.255 e. The SMILES string of the molecule is O=C(CCCOc1ccc(Cl)cc1Cl)NC(=S)Nc1ccccc1C(=O)N1CCCC1. The maximum Gasteiger partial charge on any atom is 0.255 e. The summed E-state index contributed by atoms with van der Waals surface area (Å²) in [6.07, 6.45) is 2.74. The molecular formula is C22H23Cl2N3O3S. The number of carbonyl (C=O) groups is 2. The van der Waals surface area contributed by atoms with Crippen LogP contribution in [0.4, 0.5) is 5.69 Å². The zero-order chi connectivity index (χ0) is 22.2. The molecule has 3 rings (SSSR count). The van der Waals surface area contributed by atoms with E-state index < -0.39 is 0 Å². The van der Waals surface area contributed by atoms with Gasteiger partial charge in [0, 0.05) is 24.5 Å². The lowest BCUT2D eigenvalue weighted by atomic mass is 10.1. The van der Waals surface area contributed by atoms with Crippen LogP contribution in [0.1, 0.15) is 36.0 Å². The molecule has 1 aliphatic heterocycles. The molecule has 0 saturated carbocycles. The van der Waals surface area contributed by atoms with Gasteiger partial charge in [-0.1, -0.05) is 35.3 Å². The Bertz CT molecular complexity index is 965. The van der Waals surface area contributed by atoms with E-state index in [0.29, 0.717) is 40.1 Å². The van der Waals surface area contributed by atoms with Crippen LogP contribution in [0.3, 0.4) is 0 Å². The zero-order valence-electron chi connectivity index (χ0n) is 16.8. The van der Waals surface area contributed by atoms with Gasteiger partial charge in [0.05, 0.1) is 22.9 Å². The molecule has 1 heterocycles. The number of anilines is 1. The number of benzene rings is 2. The van der Waals surface area contributed by atoms with Crippen LogP contribution < -0.4 is 15.4 Å². The highest BCUT2D eigenvalue weighted by Gasteiger charge is 2.22. The van der Waals surface area contributed by atoms with Gasteiger partial charge < -0.3 is 20.3 Å². The summed E-state index contributed by atoms with van der Waals surface area (Å²) in [6, 6.07) is 12.1. The van der Waals surface area contributed by atoms with Gasteiger partial charge in [0.2, 0.25) is 5.91 Å². The van der Waals surface area contributed by atoms with Gasteiger partial charge in [0.1, 0.15) is 5.75 Å². The van der Waals surface area contributed by atoms with Crippen LogP contribution >= 0.6 is 35.4 Å². The number of hydrogen-bond donors (Lipinski definition) is 2. The zero-order valence-corrected chi connectivity index (χ0v) is 19.2. The number of amides is 2. The van der Waals surface area contributed by atoms with Crippen molar-refractivity contribution in [3.8, 4) is 5.75 Å². The summed E-state index contributed by atoms with van der Waals surface area (Å²) < 4.78 is 5.57. The molecule has 1 aliphatic rings. The van der Waals surface area contributed by atoms with E-state index in [9.17, 15) is 9.59 Å². The number of hydrogen-bond acceptors (Lipinski definition) is 4. The van der Waals surface area contributed by atoms with Gasteiger partial charge in [0.15, 0.2) is 5.11 Å². The molecule has 0 radical (unpaired) electrons. The Labute approximate surface area is 196 Å². The Balaban J connectivity index is 1.45. The summed E-state index contributed by atoms with van der Waals surface area (Å²) in [5.41, 5.74) is 1.11. The molecule has 0 bridgehead atoms. The summed E-state index contributed by atoms with van der Waals surface area (Å²) in [5.74, 6) is 0.238. The topological polar surface area (TPSA) is 70.7 Å². The van der Waals surface area contributed by atoms with E-state index in [0.717, 1.165) is 25.9 Å². The number of thiocarbonyl (C=S) groups is 1. The minimum absolute atomic E-state index is 0.0345. The lowest BCUT2D eigenvalue weighted by Gasteiger charge is -2.18. The molecule has 1 fully saturated rings. The van der Waals surface area contributed by atoms with E-state index in [4.69, 9.17) is 40.2 Å². The summed E-state index contributed by atoms with van der Waals surface area (Å²) in [5, 5.41) is 6.70. The first kappa shape index (κ1) is 23.3. The Morgan fingerprint density at radius 1 is 1.10 bits per heavy atom. The molecular weight excluding hydrogens is 457 g/mol. The van der Waals surface area contributed by atoms with Crippen molar-refractivity contribution in [1.82, 2.24) is 10.2 Å². The van der Waals surface area contributed by atoms with Crippen LogP contribution in [0.25, 0.3) is 0 Å². The number of nitrogens with one attached hydrogen (secondary N) is 2. The first-order valence-electron chi connectivity index (χ1n) is 10.0.